The number of ether oxygens (including phenoxy) is 1. The van der Waals surface area contributed by atoms with Crippen LogP contribution in [0.2, 0.25) is 0 Å². The third-order valence-electron chi connectivity index (χ3n) is 4.69. The van der Waals surface area contributed by atoms with E-state index in [-0.39, 0.29) is 0 Å². The molecule has 3 unspecified atom stereocenters. The summed E-state index contributed by atoms with van der Waals surface area (Å²) in [6, 6.07) is 0. The molecule has 2 heterocycles. The quantitative estimate of drug-likeness (QED) is 0.725. The van der Waals surface area contributed by atoms with Gasteiger partial charge in [-0.3, -0.25) is 9.69 Å². The van der Waals surface area contributed by atoms with Crippen LogP contribution in [0.3, 0.4) is 0 Å². The smallest absolute Gasteiger partial charge is 0.323 e. The molecular formula is C14H26N2O3. The highest BCUT2D eigenvalue weighted by Crippen LogP contribution is 2.26. The Morgan fingerprint density at radius 2 is 2.05 bits per heavy atom. The predicted octanol–water partition coefficient (Wildman–Crippen LogP) is 1.08. The van der Waals surface area contributed by atoms with Gasteiger partial charge < -0.3 is 15.2 Å². The normalized spacial score (nSPS) is 30.2. The second kappa shape index (κ2) is 6.20. The number of carboxylic acid groups (broad SMARTS) is 1. The summed E-state index contributed by atoms with van der Waals surface area (Å²) in [5, 5.41) is 12.3. The van der Waals surface area contributed by atoms with Gasteiger partial charge in [-0.05, 0) is 45.7 Å². The van der Waals surface area contributed by atoms with Crippen molar-refractivity contribution >= 4 is 5.97 Å². The van der Waals surface area contributed by atoms with E-state index in [2.05, 4.69) is 10.2 Å². The molecule has 0 saturated carbocycles. The van der Waals surface area contributed by atoms with Crippen LogP contribution in [0.4, 0.5) is 0 Å². The Morgan fingerprint density at radius 1 is 1.42 bits per heavy atom. The van der Waals surface area contributed by atoms with E-state index >= 15 is 0 Å². The molecule has 2 saturated heterocycles. The van der Waals surface area contributed by atoms with Crippen molar-refractivity contribution in [2.24, 2.45) is 0 Å². The molecule has 110 valence electrons. The van der Waals surface area contributed by atoms with Crippen LogP contribution in [-0.2, 0) is 9.53 Å². The van der Waals surface area contributed by atoms with Crippen molar-refractivity contribution in [3.63, 3.8) is 0 Å². The molecule has 0 aliphatic carbocycles. The Morgan fingerprint density at radius 3 is 2.53 bits per heavy atom. The van der Waals surface area contributed by atoms with Gasteiger partial charge in [0.2, 0.25) is 0 Å². The molecule has 2 N–H and O–H groups in total. The number of likely N-dealkylation sites (N-methyl/N-ethyl adjacent to an activating group) is 1. The molecule has 19 heavy (non-hydrogen) atoms. The minimum Gasteiger partial charge on any atom is -0.480 e. The van der Waals surface area contributed by atoms with E-state index in [9.17, 15) is 9.90 Å². The molecule has 3 atom stereocenters. The van der Waals surface area contributed by atoms with Gasteiger partial charge in [-0.1, -0.05) is 6.92 Å². The highest BCUT2D eigenvalue weighted by Gasteiger charge is 2.36. The van der Waals surface area contributed by atoms with Crippen LogP contribution >= 0.6 is 0 Å². The maximum Gasteiger partial charge on any atom is 0.323 e. The van der Waals surface area contributed by atoms with Crippen molar-refractivity contribution < 1.29 is 14.6 Å². The molecule has 2 fully saturated rings. The summed E-state index contributed by atoms with van der Waals surface area (Å²) in [5.41, 5.74) is -0.759. The Hall–Kier alpha value is -0.650. The van der Waals surface area contributed by atoms with Crippen molar-refractivity contribution in [2.45, 2.75) is 56.8 Å². The van der Waals surface area contributed by atoms with Crippen molar-refractivity contribution in [2.75, 3.05) is 26.7 Å². The van der Waals surface area contributed by atoms with Gasteiger partial charge >= 0.3 is 5.97 Å². The number of hydrogen-bond donors (Lipinski definition) is 2. The lowest BCUT2D eigenvalue weighted by Crippen LogP contribution is -2.50. The van der Waals surface area contributed by atoms with Crippen molar-refractivity contribution in [3.8, 4) is 0 Å². The van der Waals surface area contributed by atoms with Gasteiger partial charge in [0.1, 0.15) is 5.54 Å². The number of nitrogens with one attached hydrogen (secondary N) is 1. The van der Waals surface area contributed by atoms with Gasteiger partial charge in [-0.2, -0.15) is 0 Å². The van der Waals surface area contributed by atoms with E-state index in [1.54, 1.807) is 7.05 Å². The number of hydrogen-bond acceptors (Lipinski definition) is 4. The molecular weight excluding hydrogens is 244 g/mol. The maximum atomic E-state index is 11.4. The summed E-state index contributed by atoms with van der Waals surface area (Å²) in [6.45, 7) is 4.94. The second-order valence-electron chi connectivity index (χ2n) is 5.81. The lowest BCUT2D eigenvalue weighted by atomic mass is 9.90. The van der Waals surface area contributed by atoms with Crippen LogP contribution < -0.4 is 5.32 Å². The second-order valence-corrected chi connectivity index (χ2v) is 5.81. The maximum absolute atomic E-state index is 11.4. The van der Waals surface area contributed by atoms with Crippen LogP contribution in [0.5, 0.6) is 0 Å². The summed E-state index contributed by atoms with van der Waals surface area (Å²) in [6.07, 6.45) is 5.42. The number of nitrogens with zero attached hydrogens (tertiary/aromatic N) is 1. The SMILES string of the molecule is CCC(CCCN1CC2CCC(C1)O2)(NC)C(=O)O. The molecule has 0 amide bonds. The van der Waals surface area contributed by atoms with Crippen LogP contribution in [0.1, 0.15) is 39.0 Å². The molecule has 5 heteroatoms. The number of carbonyl (C=O) groups is 1. The zero-order chi connectivity index (χ0) is 13.9. The average Bonchev–Trinajstić information content (AvgIpc) is 2.74. The third kappa shape index (κ3) is 3.27. The minimum atomic E-state index is -0.759. The Kier molecular flexibility index (Phi) is 4.81. The largest absolute Gasteiger partial charge is 0.480 e. The van der Waals surface area contributed by atoms with Crippen molar-refractivity contribution in [3.05, 3.63) is 0 Å². The topological polar surface area (TPSA) is 61.8 Å². The van der Waals surface area contributed by atoms with Crippen LogP contribution in [0.25, 0.3) is 0 Å². The monoisotopic (exact) mass is 270 g/mol. The number of rotatable bonds is 7. The molecule has 2 bridgehead atoms. The van der Waals surface area contributed by atoms with Crippen molar-refractivity contribution in [1.29, 1.82) is 0 Å². The molecule has 2 aliphatic rings. The fourth-order valence-corrected chi connectivity index (χ4v) is 3.33. The molecule has 0 spiro atoms. The summed E-state index contributed by atoms with van der Waals surface area (Å²) in [5.74, 6) is -0.737. The third-order valence-corrected chi connectivity index (χ3v) is 4.69. The van der Waals surface area contributed by atoms with Gasteiger partial charge in [-0.25, -0.2) is 0 Å². The fourth-order valence-electron chi connectivity index (χ4n) is 3.33. The van der Waals surface area contributed by atoms with Crippen LogP contribution in [0, 0.1) is 0 Å². The van der Waals surface area contributed by atoms with Gasteiger partial charge in [0, 0.05) is 13.1 Å². The summed E-state index contributed by atoms with van der Waals surface area (Å²) in [7, 11) is 1.74. The Labute approximate surface area is 115 Å². The van der Waals surface area contributed by atoms with E-state index in [1.807, 2.05) is 6.92 Å². The molecule has 0 radical (unpaired) electrons. The van der Waals surface area contributed by atoms with Gasteiger partial charge in [0.05, 0.1) is 12.2 Å². The lowest BCUT2D eigenvalue weighted by molar-refractivity contribution is -0.145. The Bertz CT molecular complexity index is 306. The molecule has 0 aromatic carbocycles. The van der Waals surface area contributed by atoms with E-state index in [1.165, 1.54) is 12.8 Å². The zero-order valence-electron chi connectivity index (χ0n) is 12.0. The standard InChI is InChI=1S/C14H26N2O3/c1-3-14(15-2,13(17)18)7-4-8-16-9-11-5-6-12(10-16)19-11/h11-12,15H,3-10H2,1-2H3,(H,17,18). The molecule has 0 aromatic heterocycles. The van der Waals surface area contributed by atoms with E-state index in [0.29, 0.717) is 25.0 Å². The van der Waals surface area contributed by atoms with Crippen LogP contribution in [0.15, 0.2) is 0 Å². The zero-order valence-corrected chi connectivity index (χ0v) is 12.0. The van der Waals surface area contributed by atoms with E-state index < -0.39 is 11.5 Å². The van der Waals surface area contributed by atoms with E-state index in [4.69, 9.17) is 4.74 Å². The Balaban J connectivity index is 1.77. The minimum absolute atomic E-state index is 0.415. The fraction of sp³-hybridized carbons (Fsp3) is 0.929. The van der Waals surface area contributed by atoms with Gasteiger partial charge in [0.15, 0.2) is 0 Å². The first kappa shape index (κ1) is 14.8. The number of likely N-dealkylation sites (tertiary alicyclic amines) is 1. The van der Waals surface area contributed by atoms with Gasteiger partial charge in [0.25, 0.3) is 0 Å². The average molecular weight is 270 g/mol. The number of morpholine rings is 1. The first-order chi connectivity index (χ1) is 9.09. The summed E-state index contributed by atoms with van der Waals surface area (Å²) < 4.78 is 5.81. The number of aliphatic carboxylic acids is 1. The van der Waals surface area contributed by atoms with Crippen molar-refractivity contribution in [1.82, 2.24) is 10.2 Å². The van der Waals surface area contributed by atoms with Gasteiger partial charge in [-0.15, -0.1) is 0 Å². The summed E-state index contributed by atoms with van der Waals surface area (Å²) in [4.78, 5) is 13.8. The highest BCUT2D eigenvalue weighted by atomic mass is 16.5. The van der Waals surface area contributed by atoms with Crippen LogP contribution in [-0.4, -0.2) is 60.4 Å². The molecule has 2 rings (SSSR count). The first-order valence-corrected chi connectivity index (χ1v) is 7.40. The van der Waals surface area contributed by atoms with E-state index in [0.717, 1.165) is 26.1 Å². The predicted molar refractivity (Wildman–Crippen MR) is 73.3 cm³/mol. The molecule has 0 aromatic rings. The highest BCUT2D eigenvalue weighted by molar-refractivity contribution is 5.78. The number of fused-ring (bicyclic) bond motifs is 2. The molecule has 5 nitrogen and oxygen atoms in total. The number of carboxylic acids is 1. The lowest BCUT2D eigenvalue weighted by Gasteiger charge is -2.33. The molecule has 2 aliphatic heterocycles. The first-order valence-electron chi connectivity index (χ1n) is 7.40. The summed E-state index contributed by atoms with van der Waals surface area (Å²) >= 11 is 0.